The Morgan fingerprint density at radius 3 is 2.36 bits per heavy atom. The van der Waals surface area contributed by atoms with Gasteiger partial charge in [-0.1, -0.05) is 11.6 Å². The van der Waals surface area contributed by atoms with E-state index in [1.54, 1.807) is 12.1 Å². The molecule has 1 heterocycles. The van der Waals surface area contributed by atoms with Gasteiger partial charge in [-0.05, 0) is 60.1 Å². The number of rotatable bonds is 3. The summed E-state index contributed by atoms with van der Waals surface area (Å²) < 4.78 is 14.4. The first-order valence-corrected chi connectivity index (χ1v) is 8.10. The minimum Gasteiger partial charge on any atom is -0.364 e. The number of benzene rings is 2. The second kappa shape index (κ2) is 6.96. The van der Waals surface area contributed by atoms with Crippen molar-refractivity contribution in [3.8, 4) is 5.69 Å². The van der Waals surface area contributed by atoms with E-state index in [0.29, 0.717) is 16.3 Å². The monoisotopic (exact) mass is 376 g/mol. The molecule has 2 N–H and O–H groups in total. The zero-order valence-electron chi connectivity index (χ0n) is 12.5. The Bertz CT molecular complexity index is 1010. The molecule has 1 aromatic heterocycles. The Labute approximate surface area is 150 Å². The van der Waals surface area contributed by atoms with Crippen LogP contribution in [0.25, 0.3) is 5.69 Å². The van der Waals surface area contributed by atoms with Gasteiger partial charge in [-0.3, -0.25) is 9.59 Å². The number of primary amides is 1. The number of nitrogens with two attached hydrogens (primary N) is 1. The number of amides is 2. The summed E-state index contributed by atoms with van der Waals surface area (Å²) in [6.07, 6.45) is 0. The number of hydrogen-bond donors (Lipinski definition) is 1. The minimum atomic E-state index is -0.820. The molecule has 9 heteroatoms. The first-order chi connectivity index (χ1) is 11.9. The summed E-state index contributed by atoms with van der Waals surface area (Å²) in [7, 11) is 0. The van der Waals surface area contributed by atoms with E-state index in [1.165, 1.54) is 40.5 Å². The number of nitrogens with zero attached hydrogens (tertiary/aromatic N) is 3. The van der Waals surface area contributed by atoms with Gasteiger partial charge in [0.1, 0.15) is 5.82 Å². The van der Waals surface area contributed by atoms with Gasteiger partial charge in [0.05, 0.1) is 5.69 Å². The molecule has 0 spiro atoms. The molecule has 0 unspecified atom stereocenters. The largest absolute Gasteiger partial charge is 0.364 e. The lowest BCUT2D eigenvalue weighted by Gasteiger charge is -1.97. The number of aromatic nitrogens is 2. The third-order valence-corrected chi connectivity index (χ3v) is 4.32. The van der Waals surface area contributed by atoms with Crippen LogP contribution >= 0.6 is 23.1 Å². The summed E-state index contributed by atoms with van der Waals surface area (Å²) in [6, 6.07) is 11.6. The van der Waals surface area contributed by atoms with Crippen molar-refractivity contribution in [3.63, 3.8) is 0 Å². The van der Waals surface area contributed by atoms with Crippen molar-refractivity contribution in [2.24, 2.45) is 10.7 Å². The summed E-state index contributed by atoms with van der Waals surface area (Å²) >= 11 is 6.73. The lowest BCUT2D eigenvalue weighted by atomic mass is 10.2. The van der Waals surface area contributed by atoms with Crippen LogP contribution in [0.4, 0.5) is 4.39 Å². The van der Waals surface area contributed by atoms with Crippen LogP contribution in [0.15, 0.2) is 53.5 Å². The molecule has 3 aromatic rings. The molecule has 25 heavy (non-hydrogen) atoms. The summed E-state index contributed by atoms with van der Waals surface area (Å²) in [4.78, 5) is 27.8. The Morgan fingerprint density at radius 2 is 1.76 bits per heavy atom. The van der Waals surface area contributed by atoms with Crippen LogP contribution in [-0.2, 0) is 0 Å². The maximum atomic E-state index is 13.0. The van der Waals surface area contributed by atoms with Crippen molar-refractivity contribution >= 4 is 34.9 Å². The molecule has 0 saturated carbocycles. The highest BCUT2D eigenvalue weighted by Gasteiger charge is 2.14. The maximum Gasteiger partial charge on any atom is 0.278 e. The number of halogens is 2. The smallest absolute Gasteiger partial charge is 0.278 e. The highest BCUT2D eigenvalue weighted by molar-refractivity contribution is 7.04. The van der Waals surface area contributed by atoms with Crippen LogP contribution in [0, 0.1) is 5.82 Å². The van der Waals surface area contributed by atoms with Gasteiger partial charge in [0.25, 0.3) is 11.8 Å². The van der Waals surface area contributed by atoms with Crippen molar-refractivity contribution < 1.29 is 14.0 Å². The van der Waals surface area contributed by atoms with Gasteiger partial charge >= 0.3 is 0 Å². The molecular formula is C16H10ClFN4O2S. The number of carbonyl (C=O) groups is 2. The van der Waals surface area contributed by atoms with Gasteiger partial charge < -0.3 is 5.73 Å². The summed E-state index contributed by atoms with van der Waals surface area (Å²) in [6.45, 7) is 0. The second-order valence-electron chi connectivity index (χ2n) is 4.88. The molecule has 0 bridgehead atoms. The standard InChI is InChI=1S/C16H10ClFN4O2S/c17-10-3-1-9(2-4-10)15(24)20-16-13(14(19)23)21-22(25-16)12-7-5-11(18)6-8-12/h1-8H,(H2,19,23). The van der Waals surface area contributed by atoms with Crippen LogP contribution in [0.3, 0.4) is 0 Å². The van der Waals surface area contributed by atoms with Gasteiger partial charge in [-0.2, -0.15) is 9.06 Å². The summed E-state index contributed by atoms with van der Waals surface area (Å²) in [5.74, 6) is -1.78. The van der Waals surface area contributed by atoms with E-state index in [9.17, 15) is 14.0 Å². The van der Waals surface area contributed by atoms with Gasteiger partial charge in [0.2, 0.25) is 0 Å². The zero-order chi connectivity index (χ0) is 18.0. The lowest BCUT2D eigenvalue weighted by Crippen LogP contribution is -2.20. The SMILES string of the molecule is NC(=O)c1nn(-c2ccc(F)cc2)sc1=NC(=O)c1ccc(Cl)cc1. The molecule has 0 atom stereocenters. The molecule has 0 aliphatic rings. The zero-order valence-corrected chi connectivity index (χ0v) is 14.1. The fourth-order valence-corrected chi connectivity index (χ4v) is 2.93. The van der Waals surface area contributed by atoms with E-state index in [1.807, 2.05) is 0 Å². The minimum absolute atomic E-state index is 0.0665. The predicted molar refractivity (Wildman–Crippen MR) is 91.3 cm³/mol. The van der Waals surface area contributed by atoms with E-state index < -0.39 is 17.6 Å². The highest BCUT2D eigenvalue weighted by atomic mass is 35.5. The molecule has 0 radical (unpaired) electrons. The maximum absolute atomic E-state index is 13.0. The molecule has 2 amide bonds. The van der Waals surface area contributed by atoms with Crippen molar-refractivity contribution in [1.82, 2.24) is 9.17 Å². The van der Waals surface area contributed by atoms with E-state index in [0.717, 1.165) is 11.5 Å². The summed E-state index contributed by atoms with van der Waals surface area (Å²) in [5, 5.41) is 4.53. The third-order valence-electron chi connectivity index (χ3n) is 3.14. The van der Waals surface area contributed by atoms with Crippen LogP contribution < -0.4 is 10.4 Å². The van der Waals surface area contributed by atoms with Crippen molar-refractivity contribution in [2.45, 2.75) is 0 Å². The highest BCUT2D eigenvalue weighted by Crippen LogP contribution is 2.12. The fourth-order valence-electron chi connectivity index (χ4n) is 1.94. The Hall–Kier alpha value is -2.84. The molecule has 0 saturated heterocycles. The Morgan fingerprint density at radius 1 is 1.12 bits per heavy atom. The van der Waals surface area contributed by atoms with Gasteiger partial charge in [0, 0.05) is 10.6 Å². The number of carbonyl (C=O) groups excluding carboxylic acids is 2. The Kier molecular flexibility index (Phi) is 4.73. The predicted octanol–water partition coefficient (Wildman–Crippen LogP) is 2.57. The van der Waals surface area contributed by atoms with Crippen LogP contribution in [0.1, 0.15) is 20.8 Å². The molecule has 0 aliphatic heterocycles. The second-order valence-corrected chi connectivity index (χ2v) is 6.23. The van der Waals surface area contributed by atoms with Gasteiger partial charge in [0.15, 0.2) is 10.4 Å². The molecular weight excluding hydrogens is 367 g/mol. The molecule has 0 aliphatic carbocycles. The molecule has 0 fully saturated rings. The van der Waals surface area contributed by atoms with Crippen molar-refractivity contribution in [3.05, 3.63) is 75.3 Å². The van der Waals surface area contributed by atoms with E-state index in [-0.39, 0.29) is 10.4 Å². The Balaban J connectivity index is 2.05. The first-order valence-electron chi connectivity index (χ1n) is 6.95. The number of hydrogen-bond acceptors (Lipinski definition) is 4. The van der Waals surface area contributed by atoms with Crippen molar-refractivity contribution in [2.75, 3.05) is 0 Å². The average molecular weight is 377 g/mol. The molecule has 3 rings (SSSR count). The van der Waals surface area contributed by atoms with E-state index >= 15 is 0 Å². The fraction of sp³-hybridized carbons (Fsp3) is 0. The normalized spacial score (nSPS) is 11.5. The van der Waals surface area contributed by atoms with Crippen molar-refractivity contribution in [1.29, 1.82) is 0 Å². The van der Waals surface area contributed by atoms with Crippen LogP contribution in [-0.4, -0.2) is 21.0 Å². The first kappa shape index (κ1) is 17.0. The average Bonchev–Trinajstić information content (AvgIpc) is 3.00. The van der Waals surface area contributed by atoms with Crippen LogP contribution in [0.5, 0.6) is 0 Å². The van der Waals surface area contributed by atoms with Crippen LogP contribution in [0.2, 0.25) is 5.02 Å². The van der Waals surface area contributed by atoms with Gasteiger partial charge in [-0.15, -0.1) is 5.10 Å². The van der Waals surface area contributed by atoms with E-state index in [4.69, 9.17) is 17.3 Å². The quantitative estimate of drug-likeness (QED) is 0.761. The van der Waals surface area contributed by atoms with E-state index in [2.05, 4.69) is 10.1 Å². The topological polar surface area (TPSA) is 90.3 Å². The summed E-state index contributed by atoms with van der Waals surface area (Å²) in [5.41, 5.74) is 5.98. The lowest BCUT2D eigenvalue weighted by molar-refractivity contribution is 0.0994. The molecule has 2 aromatic carbocycles. The molecule has 126 valence electrons. The third kappa shape index (κ3) is 3.81. The molecule has 6 nitrogen and oxygen atoms in total. The van der Waals surface area contributed by atoms with Gasteiger partial charge in [-0.25, -0.2) is 4.39 Å².